The van der Waals surface area contributed by atoms with Gasteiger partial charge in [0.2, 0.25) is 17.1 Å². The van der Waals surface area contributed by atoms with Gasteiger partial charge < -0.3 is 43.2 Å². The zero-order valence-electron chi connectivity index (χ0n) is 95.9. The summed E-state index contributed by atoms with van der Waals surface area (Å²) >= 11 is 0. The Labute approximate surface area is 792 Å². The van der Waals surface area contributed by atoms with Crippen LogP contribution in [0.5, 0.6) is 0 Å². The Morgan fingerprint density at radius 1 is 0.339 bits per heavy atom. The number of rotatable bonds is 13. The molecule has 15 heteroatoms. The molecule has 0 bridgehead atoms. The molecule has 0 saturated heterocycles. The topological polar surface area (TPSA) is 155 Å². The molecule has 0 aliphatic rings. The van der Waals surface area contributed by atoms with Crippen LogP contribution in [0.2, 0.25) is 0 Å². The van der Waals surface area contributed by atoms with Crippen molar-refractivity contribution >= 4 is 66.2 Å². The maximum absolute atomic E-state index is 8.89. The van der Waals surface area contributed by atoms with E-state index in [-0.39, 0.29) is 88.3 Å². The van der Waals surface area contributed by atoms with Crippen LogP contribution in [0, 0.1) is 105 Å². The average molecular weight is 2150 g/mol. The summed E-state index contributed by atoms with van der Waals surface area (Å²) in [6.07, 6.45) is 4.99. The van der Waals surface area contributed by atoms with E-state index in [0.29, 0.717) is 102 Å². The molecule has 0 fully saturated rings. The van der Waals surface area contributed by atoms with Crippen molar-refractivity contribution in [1.29, 1.82) is 0 Å². The standard InChI is InChI=1S/C23H23N2O.2C22H21N2O.3C13H12N.3Ir/c1-5-16(6-2)20-12-21(24-13-14(20)3)19-9-7-8-17-18-11-10-15(4)25-23(18)26-22(17)19;1-5-15-12-23-20(11-19(15)13(2)3)18-8-6-7-16-17-10-9-14(4)24-22(17)25-21(16)18;1-5-15-11-20(23-12-19(15)13(2)3)18-8-6-7-16-17-10-9-14(4)24-22(17)25-21(16)18;3*1-10-8-13(14-9-11(10)2)12-6-4-3-5-7-12;;;/h7-8,10-13,16H,5-6H2,1-4H3;2*6-7,9-13H,5H2,1-4H3;3*3-6,8-9H,1-2H3;;;/q6*-1;;;/i3D3,16D;2D3,3D3,5D2,13D;2D3,5D2,13D;3*2D3;;;. The van der Waals surface area contributed by atoms with Crippen LogP contribution in [-0.4, -0.2) is 44.9 Å². The first kappa shape index (κ1) is 60.5. The Morgan fingerprint density at radius 2 is 0.694 bits per heavy atom. The van der Waals surface area contributed by atoms with Gasteiger partial charge in [0.25, 0.3) is 0 Å². The molecular formula is C106H101Ir3N9O3-6. The minimum absolute atomic E-state index is 0. The maximum atomic E-state index is 8.89. The van der Waals surface area contributed by atoms with Gasteiger partial charge in [-0.2, -0.15) is 0 Å². The van der Waals surface area contributed by atoms with Crippen LogP contribution in [-0.2, 0) is 73.1 Å². The van der Waals surface area contributed by atoms with E-state index in [1.807, 2.05) is 156 Å². The van der Waals surface area contributed by atoms with Crippen molar-refractivity contribution in [2.75, 3.05) is 0 Å². The van der Waals surface area contributed by atoms with Gasteiger partial charge in [-0.3, -0.25) is 0 Å². The quantitative estimate of drug-likeness (QED) is 0.101. The summed E-state index contributed by atoms with van der Waals surface area (Å²) in [6.45, 7) is 0.663. The van der Waals surface area contributed by atoms with Crippen LogP contribution >= 0.6 is 0 Å². The number of fused-ring (bicyclic) bond motifs is 9. The van der Waals surface area contributed by atoms with Crippen LogP contribution in [0.15, 0.2) is 232 Å². The SMILES string of the molecule is [2H]C([2H])(C)c1cc(-c2[c-]ccc3c2oc2nc(C)ccc23)ncc1C([2H])(C)C([2H])([2H])[2H].[2H]C([2H])(C)c1cnc(-c2[c-]ccc3c2oc2nc(C)ccc23)cc1C([2H])(C([2H])([2H])[2H])C([2H])([2H])[2H].[2H]C([2H])([2H])c1cnc(-c2[c-]ccc3c2oc2nc(C)ccc23)cc1C([2H])(CC)CC.[2H]C([2H])([2H])c1cnc(-c2[c-]cccc2)cc1C.[2H]C([2H])([2H])c1cnc(-c2[c-]cccc2)cc1C.[2H]C([2H])([2H])c1cnc(-c2[c-]cccc2)cc1C.[Ir].[Ir].[Ir]. The first-order chi connectivity index (χ1) is 68.0. The minimum Gasteiger partial charge on any atom is -0.486 e. The van der Waals surface area contributed by atoms with E-state index >= 15 is 0 Å². The third kappa shape index (κ3) is 21.7. The third-order valence-corrected chi connectivity index (χ3v) is 19.5. The Hall–Kier alpha value is -11.0. The summed E-state index contributed by atoms with van der Waals surface area (Å²) in [4.78, 5) is 39.0. The van der Waals surface area contributed by atoms with Crippen molar-refractivity contribution in [3.05, 3.63) is 339 Å². The van der Waals surface area contributed by atoms with E-state index in [1.54, 1.807) is 69.3 Å². The molecule has 12 nitrogen and oxygen atoms in total. The van der Waals surface area contributed by atoms with Crippen molar-refractivity contribution in [2.45, 2.75) is 167 Å². The van der Waals surface area contributed by atoms with Crippen LogP contribution in [0.3, 0.4) is 0 Å². The van der Waals surface area contributed by atoms with Crippen LogP contribution < -0.4 is 0 Å². The number of pyridine rings is 9. The van der Waals surface area contributed by atoms with Gasteiger partial charge in [0.05, 0.1) is 16.7 Å². The number of benzene rings is 6. The van der Waals surface area contributed by atoms with E-state index in [9.17, 15) is 0 Å². The summed E-state index contributed by atoms with van der Waals surface area (Å²) in [7, 11) is 0. The van der Waals surface area contributed by atoms with E-state index < -0.39 is 84.0 Å². The molecule has 0 N–H and O–H groups in total. The smallest absolute Gasteiger partial charge is 0.216 e. The van der Waals surface area contributed by atoms with Gasteiger partial charge in [-0.05, 0) is 227 Å². The van der Waals surface area contributed by atoms with Crippen molar-refractivity contribution in [2.24, 2.45) is 0 Å². The van der Waals surface area contributed by atoms with Crippen molar-refractivity contribution in [1.82, 2.24) is 44.9 Å². The first-order valence-corrected chi connectivity index (χ1v) is 38.0. The molecule has 0 saturated carbocycles. The molecule has 6 aromatic carbocycles. The summed E-state index contributed by atoms with van der Waals surface area (Å²) in [5.74, 6) is -6.13. The molecule has 12 heterocycles. The molecule has 18 rings (SSSR count). The van der Waals surface area contributed by atoms with Gasteiger partial charge in [0, 0.05) is 169 Å². The molecule has 621 valence electrons. The van der Waals surface area contributed by atoms with Gasteiger partial charge in [-0.25, -0.2) is 15.0 Å². The molecule has 3 radical (unpaired) electrons. The molecule has 0 aliphatic carbocycles. The second-order valence-electron chi connectivity index (χ2n) is 27.6. The Balaban J connectivity index is 0.000000186. The van der Waals surface area contributed by atoms with Gasteiger partial charge in [0.1, 0.15) is 0 Å². The molecule has 0 spiro atoms. The number of nitrogens with zero attached hydrogens (tertiary/aromatic N) is 9. The fourth-order valence-electron chi connectivity index (χ4n) is 13.1. The molecule has 1 unspecified atom stereocenters. The summed E-state index contributed by atoms with van der Waals surface area (Å²) in [5, 5.41) is 4.94. The molecule has 1 atom stereocenters. The van der Waals surface area contributed by atoms with E-state index in [1.165, 1.54) is 50.9 Å². The molecule has 12 aromatic heterocycles. The predicted octanol–water partition coefficient (Wildman–Crippen LogP) is 27.5. The molecular weight excluding hydrogens is 2020 g/mol. The largest absolute Gasteiger partial charge is 0.486 e. The van der Waals surface area contributed by atoms with Gasteiger partial charge in [-0.15, -0.1) is 162 Å². The molecule has 0 aliphatic heterocycles. The maximum Gasteiger partial charge on any atom is 0.216 e. The monoisotopic (exact) mass is 2150 g/mol. The van der Waals surface area contributed by atoms with Crippen molar-refractivity contribution < 1.29 is 112 Å². The van der Waals surface area contributed by atoms with Crippen LogP contribution in [0.1, 0.15) is 208 Å². The third-order valence-electron chi connectivity index (χ3n) is 19.5. The minimum atomic E-state index is -3.28. The zero-order chi connectivity index (χ0) is 107. The molecule has 0 amide bonds. The average Bonchev–Trinajstić information content (AvgIpc) is 1.36. The Bertz CT molecular complexity index is 7540. The summed E-state index contributed by atoms with van der Waals surface area (Å²) in [6, 6.07) is 72.9. The Morgan fingerprint density at radius 3 is 1.04 bits per heavy atom. The summed E-state index contributed by atoms with van der Waals surface area (Å²) in [5.41, 5.74) is 15.7. The number of aromatic nitrogens is 9. The van der Waals surface area contributed by atoms with E-state index in [4.69, 9.17) is 51.6 Å². The number of furan rings is 3. The number of hydrogen-bond donors (Lipinski definition) is 0. The van der Waals surface area contributed by atoms with E-state index in [0.717, 1.165) is 114 Å². The normalized spacial score (nSPS) is 15.9. The second-order valence-corrected chi connectivity index (χ2v) is 27.6. The first-order valence-electron chi connectivity index (χ1n) is 52.0. The predicted molar refractivity (Wildman–Crippen MR) is 484 cm³/mol. The van der Waals surface area contributed by atoms with E-state index in [2.05, 4.69) is 81.3 Å². The number of hydrogen-bond acceptors (Lipinski definition) is 12. The summed E-state index contributed by atoms with van der Waals surface area (Å²) < 4.78 is 237. The van der Waals surface area contributed by atoms with Gasteiger partial charge in [0.15, 0.2) is 0 Å². The molecule has 18 aromatic rings. The zero-order valence-corrected chi connectivity index (χ0v) is 75.1. The fourth-order valence-corrected chi connectivity index (χ4v) is 13.1. The van der Waals surface area contributed by atoms with Crippen molar-refractivity contribution in [3.8, 4) is 67.5 Å². The number of aryl methyl sites for hydroxylation is 12. The molecule has 121 heavy (non-hydrogen) atoms. The van der Waals surface area contributed by atoms with Crippen LogP contribution in [0.4, 0.5) is 0 Å². The fraction of sp³-hybridized carbons (Fsp3) is 0.236. The van der Waals surface area contributed by atoms with Gasteiger partial charge in [-0.1, -0.05) is 147 Å². The van der Waals surface area contributed by atoms with Gasteiger partial charge >= 0.3 is 0 Å². The van der Waals surface area contributed by atoms with Crippen molar-refractivity contribution in [3.63, 3.8) is 0 Å². The Kier molecular flexibility index (Phi) is 21.2. The van der Waals surface area contributed by atoms with Crippen LogP contribution in [0.25, 0.3) is 134 Å². The second kappa shape index (κ2) is 42.5.